The van der Waals surface area contributed by atoms with E-state index in [9.17, 15) is 14.4 Å². The number of amides is 3. The highest BCUT2D eigenvalue weighted by Gasteiger charge is 2.31. The number of nitrogens with one attached hydrogen (secondary N) is 1. The van der Waals surface area contributed by atoms with Crippen molar-refractivity contribution in [1.82, 2.24) is 10.2 Å². The molecule has 2 saturated heterocycles. The fraction of sp³-hybridized carbons (Fsp3) is 0.476. The highest BCUT2D eigenvalue weighted by Crippen LogP contribution is 2.20. The van der Waals surface area contributed by atoms with Gasteiger partial charge in [0.25, 0.3) is 5.91 Å². The summed E-state index contributed by atoms with van der Waals surface area (Å²) >= 11 is 0. The first-order valence-corrected chi connectivity index (χ1v) is 9.87. The van der Waals surface area contributed by atoms with Crippen LogP contribution in [0.25, 0.3) is 6.08 Å². The Kier molecular flexibility index (Phi) is 6.68. The van der Waals surface area contributed by atoms with Gasteiger partial charge >= 0.3 is 12.0 Å². The zero-order chi connectivity index (χ0) is 19.9. The number of benzene rings is 1. The molecule has 1 aromatic rings. The standard InChI is InChI=1S/C21H27N3O4/c1-16(20(26)24-15-12-22-21(24)27)28-19(25)11-8-17-6-9-18(10-7-17)23-13-4-2-3-5-14-23/h6-11,16H,2-5,12-15H2,1H3,(H,22,27)/b11-8+/t16-/m1/s1. The number of carbonyl (C=O) groups is 3. The molecule has 7 heteroatoms. The number of anilines is 1. The van der Waals surface area contributed by atoms with Crippen LogP contribution in [0.2, 0.25) is 0 Å². The number of rotatable bonds is 5. The summed E-state index contributed by atoms with van der Waals surface area (Å²) < 4.78 is 5.12. The normalized spacial score (nSPS) is 18.7. The van der Waals surface area contributed by atoms with E-state index in [1.165, 1.54) is 44.4 Å². The maximum Gasteiger partial charge on any atom is 0.331 e. The van der Waals surface area contributed by atoms with Crippen molar-refractivity contribution in [3.05, 3.63) is 35.9 Å². The topological polar surface area (TPSA) is 79.0 Å². The molecule has 1 atom stereocenters. The largest absolute Gasteiger partial charge is 0.449 e. The molecule has 0 aliphatic carbocycles. The molecule has 7 nitrogen and oxygen atoms in total. The fourth-order valence-electron chi connectivity index (χ4n) is 3.45. The van der Waals surface area contributed by atoms with Crippen molar-refractivity contribution >= 4 is 29.7 Å². The van der Waals surface area contributed by atoms with Gasteiger partial charge in [-0.15, -0.1) is 0 Å². The first-order valence-electron chi connectivity index (χ1n) is 9.87. The third-order valence-electron chi connectivity index (χ3n) is 5.04. The lowest BCUT2D eigenvalue weighted by molar-refractivity contribution is -0.153. The predicted octanol–water partition coefficient (Wildman–Crippen LogP) is 2.56. The second kappa shape index (κ2) is 9.39. The van der Waals surface area contributed by atoms with Crippen LogP contribution in [-0.4, -0.2) is 55.1 Å². The van der Waals surface area contributed by atoms with Gasteiger partial charge in [0.2, 0.25) is 0 Å². The highest BCUT2D eigenvalue weighted by atomic mass is 16.5. The molecule has 3 rings (SSSR count). The number of esters is 1. The van der Waals surface area contributed by atoms with Crippen LogP contribution in [0.3, 0.4) is 0 Å². The van der Waals surface area contributed by atoms with Crippen molar-refractivity contribution in [1.29, 1.82) is 0 Å². The van der Waals surface area contributed by atoms with E-state index in [0.717, 1.165) is 23.6 Å². The van der Waals surface area contributed by atoms with E-state index in [1.54, 1.807) is 6.08 Å². The number of ether oxygens (including phenoxy) is 1. The lowest BCUT2D eigenvalue weighted by Gasteiger charge is -2.22. The van der Waals surface area contributed by atoms with Crippen LogP contribution in [0.5, 0.6) is 0 Å². The van der Waals surface area contributed by atoms with Gasteiger partial charge < -0.3 is 15.0 Å². The molecule has 0 unspecified atom stereocenters. The summed E-state index contributed by atoms with van der Waals surface area (Å²) in [6.07, 6.45) is 6.99. The maximum atomic E-state index is 12.1. The van der Waals surface area contributed by atoms with E-state index in [-0.39, 0.29) is 0 Å². The van der Waals surface area contributed by atoms with Gasteiger partial charge in [-0.25, -0.2) is 9.59 Å². The van der Waals surface area contributed by atoms with Gasteiger partial charge in [-0.3, -0.25) is 9.69 Å². The average molecular weight is 385 g/mol. The Balaban J connectivity index is 1.52. The molecule has 28 heavy (non-hydrogen) atoms. The van der Waals surface area contributed by atoms with Crippen LogP contribution in [-0.2, 0) is 14.3 Å². The second-order valence-electron chi connectivity index (χ2n) is 7.13. The van der Waals surface area contributed by atoms with Crippen LogP contribution in [0.15, 0.2) is 30.3 Å². The molecule has 150 valence electrons. The Morgan fingerprint density at radius 2 is 1.75 bits per heavy atom. The minimum atomic E-state index is -1.01. The minimum absolute atomic E-state index is 0.290. The van der Waals surface area contributed by atoms with Crippen molar-refractivity contribution in [2.45, 2.75) is 38.7 Å². The van der Waals surface area contributed by atoms with E-state index >= 15 is 0 Å². The summed E-state index contributed by atoms with van der Waals surface area (Å²) in [6.45, 7) is 4.35. The summed E-state index contributed by atoms with van der Waals surface area (Å²) in [4.78, 5) is 39.1. The van der Waals surface area contributed by atoms with E-state index < -0.39 is 24.0 Å². The van der Waals surface area contributed by atoms with Gasteiger partial charge in [0.05, 0.1) is 0 Å². The molecule has 0 radical (unpaired) electrons. The number of imide groups is 1. The molecule has 0 bridgehead atoms. The molecule has 0 aromatic heterocycles. The predicted molar refractivity (Wildman–Crippen MR) is 107 cm³/mol. The Labute approximate surface area is 165 Å². The Bertz CT molecular complexity index is 737. The van der Waals surface area contributed by atoms with E-state index in [4.69, 9.17) is 4.74 Å². The van der Waals surface area contributed by atoms with E-state index in [1.807, 2.05) is 12.1 Å². The lowest BCUT2D eigenvalue weighted by Crippen LogP contribution is -2.41. The SMILES string of the molecule is C[C@@H](OC(=O)/C=C/c1ccc(N2CCCCCC2)cc1)C(=O)N1CCNC1=O. The van der Waals surface area contributed by atoms with Crippen molar-refractivity contribution in [2.24, 2.45) is 0 Å². The number of hydrogen-bond donors (Lipinski definition) is 1. The molecule has 2 fully saturated rings. The molecule has 1 aromatic carbocycles. The second-order valence-corrected chi connectivity index (χ2v) is 7.13. The van der Waals surface area contributed by atoms with Gasteiger partial charge in [-0.05, 0) is 43.5 Å². The monoisotopic (exact) mass is 385 g/mol. The summed E-state index contributed by atoms with van der Waals surface area (Å²) in [7, 11) is 0. The van der Waals surface area contributed by atoms with Crippen molar-refractivity contribution in [3.8, 4) is 0 Å². The number of hydrogen-bond acceptors (Lipinski definition) is 5. The third-order valence-corrected chi connectivity index (χ3v) is 5.04. The molecule has 2 heterocycles. The number of urea groups is 1. The summed E-state index contributed by atoms with van der Waals surface area (Å²) in [6, 6.07) is 7.61. The van der Waals surface area contributed by atoms with Crippen molar-refractivity contribution in [2.75, 3.05) is 31.1 Å². The zero-order valence-electron chi connectivity index (χ0n) is 16.2. The van der Waals surface area contributed by atoms with Gasteiger partial charge in [-0.2, -0.15) is 0 Å². The third kappa shape index (κ3) is 5.12. The first-order chi connectivity index (χ1) is 13.5. The number of nitrogens with zero attached hydrogens (tertiary/aromatic N) is 2. The van der Waals surface area contributed by atoms with Crippen molar-refractivity contribution < 1.29 is 19.1 Å². The Morgan fingerprint density at radius 1 is 1.07 bits per heavy atom. The molecule has 1 N–H and O–H groups in total. The molecular formula is C21H27N3O4. The van der Waals surface area contributed by atoms with Crippen LogP contribution < -0.4 is 10.2 Å². The van der Waals surface area contributed by atoms with Crippen molar-refractivity contribution in [3.63, 3.8) is 0 Å². The van der Waals surface area contributed by atoms with Crippen LogP contribution in [0, 0.1) is 0 Å². The van der Waals surface area contributed by atoms with Gasteiger partial charge in [0, 0.05) is 37.9 Å². The zero-order valence-corrected chi connectivity index (χ0v) is 16.2. The van der Waals surface area contributed by atoms with Gasteiger partial charge in [0.1, 0.15) is 0 Å². The highest BCUT2D eigenvalue weighted by molar-refractivity contribution is 5.99. The molecule has 0 saturated carbocycles. The van der Waals surface area contributed by atoms with E-state index in [0.29, 0.717) is 13.1 Å². The molecule has 2 aliphatic rings. The summed E-state index contributed by atoms with van der Waals surface area (Å²) in [5, 5.41) is 2.55. The molecular weight excluding hydrogens is 358 g/mol. The lowest BCUT2D eigenvalue weighted by atomic mass is 10.1. The number of carbonyl (C=O) groups excluding carboxylic acids is 3. The molecule has 0 spiro atoms. The van der Waals surface area contributed by atoms with Crippen LogP contribution in [0.4, 0.5) is 10.5 Å². The van der Waals surface area contributed by atoms with E-state index in [2.05, 4.69) is 22.3 Å². The molecule has 2 aliphatic heterocycles. The van der Waals surface area contributed by atoms with Crippen LogP contribution in [0.1, 0.15) is 38.2 Å². The summed E-state index contributed by atoms with van der Waals surface area (Å²) in [5.74, 6) is -1.13. The van der Waals surface area contributed by atoms with Gasteiger partial charge in [-0.1, -0.05) is 25.0 Å². The molecule has 3 amide bonds. The quantitative estimate of drug-likeness (QED) is 0.623. The fourth-order valence-corrected chi connectivity index (χ4v) is 3.45. The Hall–Kier alpha value is -2.83. The smallest absolute Gasteiger partial charge is 0.331 e. The van der Waals surface area contributed by atoms with Gasteiger partial charge in [0.15, 0.2) is 6.10 Å². The minimum Gasteiger partial charge on any atom is -0.449 e. The average Bonchev–Trinajstić information content (AvgIpc) is 2.95. The first kappa shape index (κ1) is 19.9. The van der Waals surface area contributed by atoms with Crippen LogP contribution >= 0.6 is 0 Å². The Morgan fingerprint density at radius 3 is 2.36 bits per heavy atom. The summed E-state index contributed by atoms with van der Waals surface area (Å²) in [5.41, 5.74) is 2.08. The maximum absolute atomic E-state index is 12.1.